The molecule has 4 heteroatoms. The average molecular weight is 370 g/mol. The number of rotatable bonds is 2. The van der Waals surface area contributed by atoms with Gasteiger partial charge in [-0.25, -0.2) is 4.79 Å². The Morgan fingerprint density at radius 3 is 2.63 bits per heavy atom. The van der Waals surface area contributed by atoms with Crippen LogP contribution in [0.1, 0.15) is 72.6 Å². The fourth-order valence-corrected chi connectivity index (χ4v) is 6.87. The Morgan fingerprint density at radius 2 is 1.89 bits per heavy atom. The molecule has 0 spiro atoms. The van der Waals surface area contributed by atoms with E-state index in [2.05, 4.69) is 25.1 Å². The minimum absolute atomic E-state index is 0.122. The van der Waals surface area contributed by atoms with Gasteiger partial charge in [-0.05, 0) is 85.7 Å². The molecule has 0 unspecified atom stereocenters. The number of nitrogens with zero attached hydrogens (tertiary/aromatic N) is 1. The van der Waals surface area contributed by atoms with Crippen molar-refractivity contribution in [3.05, 3.63) is 23.3 Å². The molecule has 0 aromatic rings. The van der Waals surface area contributed by atoms with Gasteiger partial charge in [-0.2, -0.15) is 0 Å². The first kappa shape index (κ1) is 18.6. The maximum Gasteiger partial charge on any atom is 0.331 e. The first-order chi connectivity index (χ1) is 12.8. The fourth-order valence-electron chi connectivity index (χ4n) is 6.87. The standard InChI is InChI=1S/C23H31NO3/c1-14(24-27-15(2)25)19-7-8-20-18-6-5-16-13-17(26)9-11-22(16,3)21(18)10-12-23(19,20)4/h7,13,18,20-21H,5-6,8-12H2,1-4H3/t18-,20-,21-,22-,23+/m0/s1. The predicted octanol–water partition coefficient (Wildman–Crippen LogP) is 4.99. The van der Waals surface area contributed by atoms with Gasteiger partial charge in [0, 0.05) is 13.3 Å². The van der Waals surface area contributed by atoms with Crippen molar-refractivity contribution in [3.63, 3.8) is 0 Å². The van der Waals surface area contributed by atoms with Crippen molar-refractivity contribution in [1.82, 2.24) is 0 Å². The van der Waals surface area contributed by atoms with Gasteiger partial charge in [0.2, 0.25) is 0 Å². The molecule has 146 valence electrons. The third kappa shape index (κ3) is 2.83. The molecule has 4 aliphatic rings. The molecule has 5 atom stereocenters. The van der Waals surface area contributed by atoms with E-state index in [9.17, 15) is 9.59 Å². The quantitative estimate of drug-likeness (QED) is 0.391. The van der Waals surface area contributed by atoms with Crippen LogP contribution in [-0.2, 0) is 14.4 Å². The van der Waals surface area contributed by atoms with Gasteiger partial charge in [0.1, 0.15) is 0 Å². The van der Waals surface area contributed by atoms with E-state index in [1.807, 2.05) is 13.0 Å². The number of oxime groups is 1. The van der Waals surface area contributed by atoms with E-state index < -0.39 is 0 Å². The molecule has 4 rings (SSSR count). The fraction of sp³-hybridized carbons (Fsp3) is 0.696. The monoisotopic (exact) mass is 369 g/mol. The number of carbonyl (C=O) groups excluding carboxylic acids is 2. The highest BCUT2D eigenvalue weighted by Gasteiger charge is 2.57. The average Bonchev–Trinajstić information content (AvgIpc) is 2.97. The summed E-state index contributed by atoms with van der Waals surface area (Å²) in [5, 5.41) is 4.09. The van der Waals surface area contributed by atoms with E-state index in [0.717, 1.165) is 31.4 Å². The van der Waals surface area contributed by atoms with Crippen LogP contribution >= 0.6 is 0 Å². The molecular weight excluding hydrogens is 338 g/mol. The highest BCUT2D eigenvalue weighted by Crippen LogP contribution is 2.65. The van der Waals surface area contributed by atoms with Gasteiger partial charge >= 0.3 is 5.97 Å². The minimum atomic E-state index is -0.371. The van der Waals surface area contributed by atoms with Gasteiger partial charge in [-0.15, -0.1) is 0 Å². The van der Waals surface area contributed by atoms with Gasteiger partial charge in [0.25, 0.3) is 0 Å². The molecule has 0 heterocycles. The molecule has 0 radical (unpaired) electrons. The summed E-state index contributed by atoms with van der Waals surface area (Å²) < 4.78 is 0. The van der Waals surface area contributed by atoms with E-state index in [1.165, 1.54) is 30.9 Å². The second kappa shape index (κ2) is 6.42. The summed E-state index contributed by atoms with van der Waals surface area (Å²) >= 11 is 0. The molecular formula is C23H31NO3. The number of carbonyl (C=O) groups is 2. The first-order valence-corrected chi connectivity index (χ1v) is 10.4. The maximum atomic E-state index is 11.9. The van der Waals surface area contributed by atoms with Gasteiger partial charge < -0.3 is 4.84 Å². The Morgan fingerprint density at radius 1 is 1.11 bits per heavy atom. The first-order valence-electron chi connectivity index (χ1n) is 10.4. The van der Waals surface area contributed by atoms with E-state index in [-0.39, 0.29) is 16.8 Å². The molecule has 0 N–H and O–H groups in total. The topological polar surface area (TPSA) is 55.7 Å². The van der Waals surface area contributed by atoms with E-state index in [4.69, 9.17) is 4.84 Å². The highest BCUT2D eigenvalue weighted by molar-refractivity contribution is 6.00. The van der Waals surface area contributed by atoms with Crippen LogP contribution in [0.4, 0.5) is 0 Å². The smallest absolute Gasteiger partial charge is 0.318 e. The predicted molar refractivity (Wildman–Crippen MR) is 105 cm³/mol. The van der Waals surface area contributed by atoms with Crippen molar-refractivity contribution in [3.8, 4) is 0 Å². The third-order valence-electron chi connectivity index (χ3n) is 8.24. The Balaban J connectivity index is 1.60. The summed E-state index contributed by atoms with van der Waals surface area (Å²) in [6.07, 6.45) is 11.8. The van der Waals surface area contributed by atoms with Crippen molar-refractivity contribution >= 4 is 17.5 Å². The van der Waals surface area contributed by atoms with E-state index in [0.29, 0.717) is 30.0 Å². The molecule has 0 saturated heterocycles. The van der Waals surface area contributed by atoms with Gasteiger partial charge in [-0.1, -0.05) is 30.7 Å². The number of allylic oxidation sites excluding steroid dienone is 4. The van der Waals surface area contributed by atoms with Crippen molar-refractivity contribution < 1.29 is 14.4 Å². The Bertz CT molecular complexity index is 776. The van der Waals surface area contributed by atoms with Crippen molar-refractivity contribution in [2.24, 2.45) is 33.7 Å². The van der Waals surface area contributed by atoms with Crippen molar-refractivity contribution in [2.75, 3.05) is 0 Å². The molecule has 0 bridgehead atoms. The van der Waals surface area contributed by atoms with Crippen molar-refractivity contribution in [2.45, 2.75) is 72.6 Å². The van der Waals surface area contributed by atoms with Crippen LogP contribution in [0, 0.1) is 28.6 Å². The lowest BCUT2D eigenvalue weighted by molar-refractivity contribution is -0.140. The Labute approximate surface area is 162 Å². The number of fused-ring (bicyclic) bond motifs is 5. The zero-order valence-electron chi connectivity index (χ0n) is 17.0. The Hall–Kier alpha value is -1.71. The van der Waals surface area contributed by atoms with Crippen LogP contribution in [-0.4, -0.2) is 17.5 Å². The maximum absolute atomic E-state index is 11.9. The van der Waals surface area contributed by atoms with E-state index >= 15 is 0 Å². The number of hydrogen-bond donors (Lipinski definition) is 0. The summed E-state index contributed by atoms with van der Waals surface area (Å²) in [6, 6.07) is 0. The van der Waals surface area contributed by atoms with Gasteiger partial charge in [0.15, 0.2) is 5.78 Å². The molecule has 4 aliphatic carbocycles. The summed E-state index contributed by atoms with van der Waals surface area (Å²) in [6.45, 7) is 8.15. The molecule has 27 heavy (non-hydrogen) atoms. The summed E-state index contributed by atoms with van der Waals surface area (Å²) in [5.41, 5.74) is 3.87. The second-order valence-electron chi connectivity index (χ2n) is 9.54. The summed E-state index contributed by atoms with van der Waals surface area (Å²) in [7, 11) is 0. The Kier molecular flexibility index (Phi) is 4.44. The van der Waals surface area contributed by atoms with Crippen LogP contribution in [0.3, 0.4) is 0 Å². The molecule has 4 nitrogen and oxygen atoms in total. The summed E-state index contributed by atoms with van der Waals surface area (Å²) in [5.74, 6) is 1.97. The third-order valence-corrected chi connectivity index (χ3v) is 8.24. The lowest BCUT2D eigenvalue weighted by Gasteiger charge is -2.57. The summed E-state index contributed by atoms with van der Waals surface area (Å²) in [4.78, 5) is 28.0. The molecule has 0 aromatic carbocycles. The van der Waals surface area contributed by atoms with Crippen LogP contribution in [0.2, 0.25) is 0 Å². The molecule has 0 aliphatic heterocycles. The second-order valence-corrected chi connectivity index (χ2v) is 9.54. The van der Waals surface area contributed by atoms with Crippen molar-refractivity contribution in [1.29, 1.82) is 0 Å². The zero-order chi connectivity index (χ0) is 19.4. The van der Waals surface area contributed by atoms with Gasteiger partial charge in [-0.3, -0.25) is 4.79 Å². The lowest BCUT2D eigenvalue weighted by Crippen LogP contribution is -2.50. The normalized spacial score (nSPS) is 41.1. The highest BCUT2D eigenvalue weighted by atomic mass is 16.7. The van der Waals surface area contributed by atoms with Crippen LogP contribution in [0.15, 0.2) is 28.5 Å². The molecule has 0 amide bonds. The van der Waals surface area contributed by atoms with E-state index in [1.54, 1.807) is 0 Å². The van der Waals surface area contributed by atoms with Crippen LogP contribution < -0.4 is 0 Å². The zero-order valence-corrected chi connectivity index (χ0v) is 17.0. The molecule has 2 saturated carbocycles. The molecule has 2 fully saturated rings. The lowest BCUT2D eigenvalue weighted by atomic mass is 9.47. The van der Waals surface area contributed by atoms with Gasteiger partial charge in [0.05, 0.1) is 5.71 Å². The van der Waals surface area contributed by atoms with Crippen LogP contribution in [0.5, 0.6) is 0 Å². The minimum Gasteiger partial charge on any atom is -0.318 e. The SMILES string of the molecule is CC(=O)ON=C(C)C1=CC[C@H]2[C@@H]3CCC4=CC(=O)CC[C@]4(C)[C@H]3CC[C@]12C. The molecule has 0 aromatic heterocycles. The number of ketones is 1. The number of hydrogen-bond acceptors (Lipinski definition) is 4. The largest absolute Gasteiger partial charge is 0.331 e. The van der Waals surface area contributed by atoms with Crippen LogP contribution in [0.25, 0.3) is 0 Å².